The Morgan fingerprint density at radius 3 is 2.35 bits per heavy atom. The van der Waals surface area contributed by atoms with Crippen LogP contribution < -0.4 is 21.4 Å². The molecule has 2 aromatic carbocycles. The summed E-state index contributed by atoms with van der Waals surface area (Å²) in [6.07, 6.45) is -0.178. The number of aromatic nitrogens is 3. The van der Waals surface area contributed by atoms with E-state index in [9.17, 15) is 14.0 Å². The lowest BCUT2D eigenvalue weighted by atomic mass is 10.2. The Balaban J connectivity index is 2.04. The fraction of sp³-hybridized carbons (Fsp3) is 0.318. The predicted octanol–water partition coefficient (Wildman–Crippen LogP) is 4.36. The third-order valence-electron chi connectivity index (χ3n) is 4.42. The molecule has 0 saturated carbocycles. The highest BCUT2D eigenvalue weighted by Gasteiger charge is 2.16. The molecule has 0 amide bonds. The molecular formula is C22H24ClFN4O3. The lowest BCUT2D eigenvalue weighted by molar-refractivity contribution is 0.231. The van der Waals surface area contributed by atoms with Crippen molar-refractivity contribution in [2.75, 3.05) is 5.32 Å². The highest BCUT2D eigenvalue weighted by atomic mass is 35.5. The van der Waals surface area contributed by atoms with Crippen LogP contribution in [0, 0.1) is 5.82 Å². The number of hydrogen-bond donors (Lipinski definition) is 1. The van der Waals surface area contributed by atoms with Crippen molar-refractivity contribution in [1.82, 2.24) is 14.1 Å². The van der Waals surface area contributed by atoms with Crippen LogP contribution in [0.25, 0.3) is 0 Å². The van der Waals surface area contributed by atoms with Crippen molar-refractivity contribution in [2.45, 2.75) is 46.4 Å². The molecule has 0 spiro atoms. The molecule has 0 aliphatic rings. The summed E-state index contributed by atoms with van der Waals surface area (Å²) in [4.78, 5) is 29.6. The standard InChI is InChI=1S/C22H24ClFN4O3/c1-13(2)28-21(29)26-20(25-17-9-10-19(18(24)11-17)31-14(3)4)27(22(28)30)12-15-5-7-16(23)8-6-15/h5-11,13-14H,12H2,1-4H3,(H,25,26,29). The zero-order valence-electron chi connectivity index (χ0n) is 17.7. The summed E-state index contributed by atoms with van der Waals surface area (Å²) >= 11 is 5.95. The Morgan fingerprint density at radius 2 is 1.77 bits per heavy atom. The number of rotatable bonds is 7. The van der Waals surface area contributed by atoms with Crippen molar-refractivity contribution in [1.29, 1.82) is 0 Å². The molecule has 1 aromatic heterocycles. The van der Waals surface area contributed by atoms with Gasteiger partial charge in [-0.05, 0) is 57.5 Å². The largest absolute Gasteiger partial charge is 0.488 e. The number of halogens is 2. The third kappa shape index (κ3) is 5.32. The van der Waals surface area contributed by atoms with E-state index in [1.165, 1.54) is 16.7 Å². The van der Waals surface area contributed by atoms with E-state index in [0.717, 1.165) is 10.1 Å². The van der Waals surface area contributed by atoms with E-state index in [0.29, 0.717) is 10.7 Å². The second kappa shape index (κ2) is 9.34. The van der Waals surface area contributed by atoms with Gasteiger partial charge in [-0.25, -0.2) is 18.5 Å². The van der Waals surface area contributed by atoms with Crippen LogP contribution in [0.15, 0.2) is 52.1 Å². The van der Waals surface area contributed by atoms with Crippen LogP contribution in [0.2, 0.25) is 5.02 Å². The van der Waals surface area contributed by atoms with Gasteiger partial charge in [0, 0.05) is 22.8 Å². The summed E-state index contributed by atoms with van der Waals surface area (Å²) in [5.74, 6) is -0.443. The van der Waals surface area contributed by atoms with E-state index in [1.807, 2.05) is 0 Å². The summed E-state index contributed by atoms with van der Waals surface area (Å²) < 4.78 is 22.2. The molecule has 0 aliphatic carbocycles. The average Bonchev–Trinajstić information content (AvgIpc) is 2.68. The van der Waals surface area contributed by atoms with E-state index in [4.69, 9.17) is 16.3 Å². The van der Waals surface area contributed by atoms with Crippen LogP contribution >= 0.6 is 11.6 Å². The van der Waals surface area contributed by atoms with Gasteiger partial charge < -0.3 is 10.1 Å². The first-order valence-electron chi connectivity index (χ1n) is 9.86. The molecule has 0 radical (unpaired) electrons. The smallest absolute Gasteiger partial charge is 0.355 e. The number of anilines is 2. The predicted molar refractivity (Wildman–Crippen MR) is 119 cm³/mol. The highest BCUT2D eigenvalue weighted by Crippen LogP contribution is 2.24. The number of nitrogens with zero attached hydrogens (tertiary/aromatic N) is 3. The Bertz CT molecular complexity index is 1190. The van der Waals surface area contributed by atoms with Crippen LogP contribution in [0.1, 0.15) is 39.3 Å². The maximum absolute atomic E-state index is 14.4. The van der Waals surface area contributed by atoms with Crippen LogP contribution in [0.5, 0.6) is 5.75 Å². The van der Waals surface area contributed by atoms with Crippen molar-refractivity contribution in [3.63, 3.8) is 0 Å². The second-order valence-electron chi connectivity index (χ2n) is 7.61. The summed E-state index contributed by atoms with van der Waals surface area (Å²) in [6, 6.07) is 10.9. The van der Waals surface area contributed by atoms with E-state index in [1.54, 1.807) is 58.0 Å². The molecule has 31 heavy (non-hydrogen) atoms. The van der Waals surface area contributed by atoms with Gasteiger partial charge in [0.1, 0.15) is 0 Å². The normalized spacial score (nSPS) is 11.2. The van der Waals surface area contributed by atoms with Gasteiger partial charge in [0.15, 0.2) is 11.6 Å². The van der Waals surface area contributed by atoms with Crippen LogP contribution in [-0.2, 0) is 6.54 Å². The maximum atomic E-state index is 14.4. The Labute approximate surface area is 184 Å². The van der Waals surface area contributed by atoms with Crippen molar-refractivity contribution in [2.24, 2.45) is 0 Å². The van der Waals surface area contributed by atoms with E-state index in [2.05, 4.69) is 10.3 Å². The van der Waals surface area contributed by atoms with Crippen molar-refractivity contribution in [3.8, 4) is 5.75 Å². The maximum Gasteiger partial charge on any atom is 0.355 e. The van der Waals surface area contributed by atoms with Gasteiger partial charge in [-0.2, -0.15) is 4.98 Å². The first kappa shape index (κ1) is 22.6. The molecule has 0 bridgehead atoms. The van der Waals surface area contributed by atoms with Crippen molar-refractivity contribution in [3.05, 3.63) is 79.8 Å². The quantitative estimate of drug-likeness (QED) is 0.583. The Morgan fingerprint density at radius 1 is 1.10 bits per heavy atom. The minimum absolute atomic E-state index is 0.0128. The highest BCUT2D eigenvalue weighted by molar-refractivity contribution is 6.30. The van der Waals surface area contributed by atoms with Crippen molar-refractivity contribution >= 4 is 23.2 Å². The number of benzene rings is 2. The molecule has 0 unspecified atom stereocenters. The van der Waals surface area contributed by atoms with Gasteiger partial charge in [0.05, 0.1) is 12.6 Å². The molecule has 164 valence electrons. The molecular weight excluding hydrogens is 423 g/mol. The molecule has 0 fully saturated rings. The van der Waals surface area contributed by atoms with Gasteiger partial charge in [-0.15, -0.1) is 0 Å². The van der Waals surface area contributed by atoms with Crippen molar-refractivity contribution < 1.29 is 9.13 Å². The first-order chi connectivity index (χ1) is 14.7. The van der Waals surface area contributed by atoms with Gasteiger partial charge in [0.25, 0.3) is 0 Å². The summed E-state index contributed by atoms with van der Waals surface area (Å²) in [5.41, 5.74) is -0.0907. The fourth-order valence-electron chi connectivity index (χ4n) is 3.02. The van der Waals surface area contributed by atoms with Gasteiger partial charge >= 0.3 is 11.4 Å². The third-order valence-corrected chi connectivity index (χ3v) is 4.67. The van der Waals surface area contributed by atoms with E-state index in [-0.39, 0.29) is 30.4 Å². The molecule has 9 heteroatoms. The molecule has 3 rings (SSSR count). The Kier molecular flexibility index (Phi) is 6.80. The molecule has 1 N–H and O–H groups in total. The average molecular weight is 447 g/mol. The fourth-order valence-corrected chi connectivity index (χ4v) is 3.14. The number of ether oxygens (including phenoxy) is 1. The SMILES string of the molecule is CC(C)Oc1ccc(Nc2nc(=O)n(C(C)C)c(=O)n2Cc2ccc(Cl)cc2)cc1F. The van der Waals surface area contributed by atoms with Crippen LogP contribution in [0.3, 0.4) is 0 Å². The van der Waals surface area contributed by atoms with Gasteiger partial charge in [-0.1, -0.05) is 23.7 Å². The van der Waals surface area contributed by atoms with Crippen LogP contribution in [0.4, 0.5) is 16.0 Å². The molecule has 3 aromatic rings. The van der Waals surface area contributed by atoms with Crippen LogP contribution in [-0.4, -0.2) is 20.2 Å². The molecule has 0 aliphatic heterocycles. The minimum Gasteiger partial charge on any atom is -0.488 e. The summed E-state index contributed by atoms with van der Waals surface area (Å²) in [6.45, 7) is 7.21. The number of hydrogen-bond acceptors (Lipinski definition) is 5. The Hall–Kier alpha value is -3.13. The molecule has 7 nitrogen and oxygen atoms in total. The van der Waals surface area contributed by atoms with E-state index < -0.39 is 17.2 Å². The zero-order valence-corrected chi connectivity index (χ0v) is 18.5. The van der Waals surface area contributed by atoms with Gasteiger partial charge in [0.2, 0.25) is 5.95 Å². The minimum atomic E-state index is -0.685. The zero-order chi connectivity index (χ0) is 22.7. The van der Waals surface area contributed by atoms with Gasteiger partial charge in [-0.3, -0.25) is 4.57 Å². The molecule has 0 saturated heterocycles. The lowest BCUT2D eigenvalue weighted by Crippen LogP contribution is -2.43. The lowest BCUT2D eigenvalue weighted by Gasteiger charge is -2.17. The monoisotopic (exact) mass is 446 g/mol. The topological polar surface area (TPSA) is 78.2 Å². The number of nitrogens with one attached hydrogen (secondary N) is 1. The second-order valence-corrected chi connectivity index (χ2v) is 8.05. The summed E-state index contributed by atoms with van der Waals surface area (Å²) in [7, 11) is 0. The summed E-state index contributed by atoms with van der Waals surface area (Å²) in [5, 5.41) is 3.46. The molecule has 0 atom stereocenters. The first-order valence-corrected chi connectivity index (χ1v) is 10.2. The van der Waals surface area contributed by atoms with E-state index >= 15 is 0 Å². The molecule has 1 heterocycles.